The van der Waals surface area contributed by atoms with Crippen molar-refractivity contribution >= 4 is 21.8 Å². The maximum absolute atomic E-state index is 12.6. The summed E-state index contributed by atoms with van der Waals surface area (Å²) in [7, 11) is 3.71. The molecule has 1 amide bonds. The zero-order valence-electron chi connectivity index (χ0n) is 12.7. The van der Waals surface area contributed by atoms with Crippen molar-refractivity contribution in [2.45, 2.75) is 6.54 Å². The number of piperazine rings is 1. The molecule has 7 nitrogen and oxygen atoms in total. The fraction of sp³-hybridized carbons (Fsp3) is 0.500. The van der Waals surface area contributed by atoms with Crippen LogP contribution in [-0.4, -0.2) is 61.4 Å². The van der Waals surface area contributed by atoms with E-state index in [1.54, 1.807) is 17.9 Å². The average Bonchev–Trinajstić information content (AvgIpc) is 3.05. The molecule has 0 unspecified atom stereocenters. The van der Waals surface area contributed by atoms with Gasteiger partial charge < -0.3 is 4.90 Å². The highest BCUT2D eigenvalue weighted by molar-refractivity contribution is 9.10. The second-order valence-corrected chi connectivity index (χ2v) is 6.41. The van der Waals surface area contributed by atoms with Gasteiger partial charge in [0, 0.05) is 58.6 Å². The highest BCUT2D eigenvalue weighted by Gasteiger charge is 2.25. The van der Waals surface area contributed by atoms with Gasteiger partial charge in [-0.15, -0.1) is 0 Å². The highest BCUT2D eigenvalue weighted by Crippen LogP contribution is 2.18. The van der Waals surface area contributed by atoms with Gasteiger partial charge in [-0.3, -0.25) is 19.1 Å². The zero-order chi connectivity index (χ0) is 15.7. The molecular formula is C14H19BrN6O. The summed E-state index contributed by atoms with van der Waals surface area (Å²) < 4.78 is 4.18. The Bertz CT molecular complexity index is 651. The van der Waals surface area contributed by atoms with Crippen molar-refractivity contribution in [1.82, 2.24) is 29.4 Å². The van der Waals surface area contributed by atoms with Gasteiger partial charge >= 0.3 is 0 Å². The van der Waals surface area contributed by atoms with Gasteiger partial charge in [0.15, 0.2) is 0 Å². The van der Waals surface area contributed by atoms with Crippen molar-refractivity contribution in [1.29, 1.82) is 0 Å². The second-order valence-electron chi connectivity index (χ2n) is 5.56. The van der Waals surface area contributed by atoms with Crippen LogP contribution in [-0.2, 0) is 20.6 Å². The summed E-state index contributed by atoms with van der Waals surface area (Å²) in [6, 6.07) is 0. The average molecular weight is 367 g/mol. The van der Waals surface area contributed by atoms with E-state index < -0.39 is 0 Å². The number of hydrogen-bond donors (Lipinski definition) is 0. The third kappa shape index (κ3) is 3.07. The Morgan fingerprint density at radius 2 is 1.91 bits per heavy atom. The molecule has 3 heterocycles. The molecular weight excluding hydrogens is 348 g/mol. The molecule has 2 aromatic rings. The van der Waals surface area contributed by atoms with Gasteiger partial charge in [-0.05, 0) is 15.9 Å². The van der Waals surface area contributed by atoms with Crippen molar-refractivity contribution in [3.8, 4) is 0 Å². The van der Waals surface area contributed by atoms with E-state index in [4.69, 9.17) is 0 Å². The van der Waals surface area contributed by atoms with E-state index in [-0.39, 0.29) is 5.91 Å². The van der Waals surface area contributed by atoms with Crippen LogP contribution in [0.3, 0.4) is 0 Å². The number of hydrogen-bond acceptors (Lipinski definition) is 4. The lowest BCUT2D eigenvalue weighted by atomic mass is 10.2. The van der Waals surface area contributed by atoms with Crippen LogP contribution in [0.15, 0.2) is 23.1 Å². The number of aromatic nitrogens is 4. The molecule has 1 saturated heterocycles. The maximum atomic E-state index is 12.6. The van der Waals surface area contributed by atoms with Gasteiger partial charge in [0.25, 0.3) is 5.91 Å². The van der Waals surface area contributed by atoms with E-state index in [0.717, 1.165) is 37.2 Å². The van der Waals surface area contributed by atoms with Crippen LogP contribution >= 0.6 is 15.9 Å². The molecule has 0 atom stereocenters. The summed E-state index contributed by atoms with van der Waals surface area (Å²) in [6.07, 6.45) is 5.58. The predicted octanol–water partition coefficient (Wildman–Crippen LogP) is 0.874. The molecule has 118 valence electrons. The number of amides is 1. The van der Waals surface area contributed by atoms with E-state index in [2.05, 4.69) is 31.0 Å². The van der Waals surface area contributed by atoms with Crippen LogP contribution in [0.5, 0.6) is 0 Å². The monoisotopic (exact) mass is 366 g/mol. The van der Waals surface area contributed by atoms with Crippen LogP contribution in [0, 0.1) is 0 Å². The minimum atomic E-state index is 0.0351. The minimum absolute atomic E-state index is 0.0351. The molecule has 0 radical (unpaired) electrons. The minimum Gasteiger partial charge on any atom is -0.335 e. The van der Waals surface area contributed by atoms with Crippen molar-refractivity contribution < 1.29 is 4.79 Å². The van der Waals surface area contributed by atoms with E-state index >= 15 is 0 Å². The second kappa shape index (κ2) is 6.21. The van der Waals surface area contributed by atoms with Gasteiger partial charge in [0.1, 0.15) is 5.69 Å². The summed E-state index contributed by atoms with van der Waals surface area (Å²) in [5.74, 6) is 0.0351. The first-order valence-corrected chi connectivity index (χ1v) is 8.00. The summed E-state index contributed by atoms with van der Waals surface area (Å²) in [4.78, 5) is 16.8. The van der Waals surface area contributed by atoms with Gasteiger partial charge in [-0.25, -0.2) is 0 Å². The zero-order valence-corrected chi connectivity index (χ0v) is 14.3. The molecule has 8 heteroatoms. The summed E-state index contributed by atoms with van der Waals surface area (Å²) in [5, 5.41) is 8.30. The molecule has 3 rings (SSSR count). The standard InChI is InChI=1S/C14H19BrN6O/c1-18-9-11(7-16-18)10-20-3-5-21(6-4-20)14(22)13-12(15)8-17-19(13)2/h7-9H,3-6,10H2,1-2H3. The van der Waals surface area contributed by atoms with Crippen LogP contribution in [0.4, 0.5) is 0 Å². The molecule has 0 saturated carbocycles. The Morgan fingerprint density at radius 1 is 1.18 bits per heavy atom. The van der Waals surface area contributed by atoms with Gasteiger partial charge in [0.2, 0.25) is 0 Å². The molecule has 22 heavy (non-hydrogen) atoms. The maximum Gasteiger partial charge on any atom is 0.273 e. The molecule has 2 aromatic heterocycles. The molecule has 1 aliphatic rings. The summed E-state index contributed by atoms with van der Waals surface area (Å²) >= 11 is 3.39. The van der Waals surface area contributed by atoms with Crippen molar-refractivity contribution in [3.63, 3.8) is 0 Å². The number of nitrogens with zero attached hydrogens (tertiary/aromatic N) is 6. The van der Waals surface area contributed by atoms with Crippen LogP contribution in [0.2, 0.25) is 0 Å². The summed E-state index contributed by atoms with van der Waals surface area (Å²) in [5.41, 5.74) is 1.82. The molecule has 0 bridgehead atoms. The number of carbonyl (C=O) groups excluding carboxylic acids is 1. The van der Waals surface area contributed by atoms with Crippen molar-refractivity contribution in [2.24, 2.45) is 14.1 Å². The van der Waals surface area contributed by atoms with Gasteiger partial charge in [0.05, 0.1) is 16.9 Å². The topological polar surface area (TPSA) is 59.2 Å². The Morgan fingerprint density at radius 3 is 2.45 bits per heavy atom. The molecule has 0 aliphatic carbocycles. The normalized spacial score (nSPS) is 16.2. The fourth-order valence-electron chi connectivity index (χ4n) is 2.72. The quantitative estimate of drug-likeness (QED) is 0.808. The Kier molecular flexibility index (Phi) is 4.30. The van der Waals surface area contributed by atoms with E-state index in [1.807, 2.05) is 29.0 Å². The molecule has 0 spiro atoms. The lowest BCUT2D eigenvalue weighted by molar-refractivity contribution is 0.0617. The number of carbonyl (C=O) groups is 1. The predicted molar refractivity (Wildman–Crippen MR) is 85.3 cm³/mol. The van der Waals surface area contributed by atoms with Crippen molar-refractivity contribution in [3.05, 3.63) is 34.3 Å². The Balaban J connectivity index is 1.58. The van der Waals surface area contributed by atoms with E-state index in [1.165, 1.54) is 5.56 Å². The molecule has 1 fully saturated rings. The number of rotatable bonds is 3. The van der Waals surface area contributed by atoms with Gasteiger partial charge in [-0.2, -0.15) is 10.2 Å². The molecule has 0 aromatic carbocycles. The van der Waals surface area contributed by atoms with Crippen LogP contribution in [0.1, 0.15) is 16.1 Å². The smallest absolute Gasteiger partial charge is 0.273 e. The Labute approximate surface area is 137 Å². The third-order valence-electron chi connectivity index (χ3n) is 3.92. The van der Waals surface area contributed by atoms with Crippen molar-refractivity contribution in [2.75, 3.05) is 26.2 Å². The van der Waals surface area contributed by atoms with Gasteiger partial charge in [-0.1, -0.05) is 0 Å². The number of halogens is 1. The lowest BCUT2D eigenvalue weighted by Crippen LogP contribution is -2.48. The summed E-state index contributed by atoms with van der Waals surface area (Å²) in [6.45, 7) is 4.09. The molecule has 1 aliphatic heterocycles. The first kappa shape index (κ1) is 15.2. The highest BCUT2D eigenvalue weighted by atomic mass is 79.9. The third-order valence-corrected chi connectivity index (χ3v) is 4.50. The Hall–Kier alpha value is -1.67. The lowest BCUT2D eigenvalue weighted by Gasteiger charge is -2.34. The largest absolute Gasteiger partial charge is 0.335 e. The SMILES string of the molecule is Cn1cc(CN2CCN(C(=O)c3c(Br)cnn3C)CC2)cn1. The first-order chi connectivity index (χ1) is 10.5. The van der Waals surface area contributed by atoms with E-state index in [9.17, 15) is 4.79 Å². The fourth-order valence-corrected chi connectivity index (χ4v) is 3.24. The molecule has 0 N–H and O–H groups in total. The first-order valence-electron chi connectivity index (χ1n) is 7.21. The van der Waals surface area contributed by atoms with Crippen LogP contribution < -0.4 is 0 Å². The number of aryl methyl sites for hydroxylation is 2. The van der Waals surface area contributed by atoms with E-state index in [0.29, 0.717) is 5.69 Å². The van der Waals surface area contributed by atoms with Crippen LogP contribution in [0.25, 0.3) is 0 Å².